The number of hydrogen-bond acceptors (Lipinski definition) is 4. The Morgan fingerprint density at radius 1 is 1.33 bits per heavy atom. The van der Waals surface area contributed by atoms with Gasteiger partial charge in [-0.05, 0) is 55.6 Å². The molecule has 0 saturated carbocycles. The van der Waals surface area contributed by atoms with E-state index >= 15 is 0 Å². The van der Waals surface area contributed by atoms with Gasteiger partial charge in [0.1, 0.15) is 5.75 Å². The first-order valence-corrected chi connectivity index (χ1v) is 7.60. The average Bonchev–Trinajstić information content (AvgIpc) is 2.70. The van der Waals surface area contributed by atoms with Crippen molar-refractivity contribution in [2.45, 2.75) is 6.04 Å². The molecule has 0 saturated heterocycles. The lowest BCUT2D eigenvalue weighted by Crippen LogP contribution is -2.28. The third-order valence-electron chi connectivity index (χ3n) is 2.59. The molecule has 3 N–H and O–H groups in total. The number of nitrogens with one attached hydrogen (secondary N) is 1. The predicted molar refractivity (Wildman–Crippen MR) is 81.9 cm³/mol. The minimum absolute atomic E-state index is 0.0722. The molecule has 0 aliphatic heterocycles. The smallest absolute Gasteiger partial charge is 0.119 e. The van der Waals surface area contributed by atoms with E-state index in [1.165, 1.54) is 0 Å². The molecular formula is C12H12Br2N2OS. The molecular weight excluding hydrogens is 380 g/mol. The number of hydrogen-bond donors (Lipinski definition) is 2. The van der Waals surface area contributed by atoms with Crippen molar-refractivity contribution in [1.82, 2.24) is 5.43 Å². The Morgan fingerprint density at radius 2 is 2.11 bits per heavy atom. The number of benzene rings is 1. The minimum Gasteiger partial charge on any atom is -0.497 e. The van der Waals surface area contributed by atoms with E-state index in [0.29, 0.717) is 0 Å². The second-order valence-corrected chi connectivity index (χ2v) is 7.41. The maximum atomic E-state index is 5.68. The molecule has 0 aliphatic rings. The molecule has 0 amide bonds. The summed E-state index contributed by atoms with van der Waals surface area (Å²) in [5.41, 5.74) is 5.00. The number of halogens is 2. The number of methoxy groups -OCH3 is 1. The molecule has 1 atom stereocenters. The van der Waals surface area contributed by atoms with E-state index in [4.69, 9.17) is 10.6 Å². The fourth-order valence-electron chi connectivity index (χ4n) is 1.74. The standard InChI is InChI=1S/C12H12Br2N2OS/c1-17-8-4-2-3-7(5-8)11(16-15)9-6-10(13)18-12(9)14/h2-6,11,16H,15H2,1H3. The van der Waals surface area contributed by atoms with Crippen LogP contribution in [0.25, 0.3) is 0 Å². The van der Waals surface area contributed by atoms with Crippen LogP contribution in [-0.4, -0.2) is 7.11 Å². The maximum Gasteiger partial charge on any atom is 0.119 e. The zero-order valence-electron chi connectivity index (χ0n) is 9.61. The van der Waals surface area contributed by atoms with Crippen LogP contribution in [0.5, 0.6) is 5.75 Å². The van der Waals surface area contributed by atoms with Crippen molar-refractivity contribution < 1.29 is 4.74 Å². The summed E-state index contributed by atoms with van der Waals surface area (Å²) in [5.74, 6) is 6.50. The molecule has 1 aromatic heterocycles. The van der Waals surface area contributed by atoms with Gasteiger partial charge in [0.15, 0.2) is 0 Å². The number of ether oxygens (including phenoxy) is 1. The highest BCUT2D eigenvalue weighted by atomic mass is 79.9. The van der Waals surface area contributed by atoms with E-state index in [1.807, 2.05) is 24.3 Å². The molecule has 6 heteroatoms. The van der Waals surface area contributed by atoms with Crippen LogP contribution in [0.1, 0.15) is 17.2 Å². The lowest BCUT2D eigenvalue weighted by atomic mass is 10.0. The second-order valence-electron chi connectivity index (χ2n) is 3.66. The highest BCUT2D eigenvalue weighted by molar-refractivity contribution is 9.12. The number of hydrazine groups is 1. The number of rotatable bonds is 4. The van der Waals surface area contributed by atoms with Crippen LogP contribution in [0.4, 0.5) is 0 Å². The molecule has 1 heterocycles. The van der Waals surface area contributed by atoms with E-state index in [-0.39, 0.29) is 6.04 Å². The number of nitrogens with two attached hydrogens (primary N) is 1. The van der Waals surface area contributed by atoms with Crippen molar-refractivity contribution in [2.75, 3.05) is 7.11 Å². The fraction of sp³-hybridized carbons (Fsp3) is 0.167. The second kappa shape index (κ2) is 6.16. The molecule has 96 valence electrons. The summed E-state index contributed by atoms with van der Waals surface area (Å²) in [6, 6.07) is 9.84. The summed E-state index contributed by atoms with van der Waals surface area (Å²) in [6.07, 6.45) is 0. The zero-order chi connectivity index (χ0) is 13.1. The lowest BCUT2D eigenvalue weighted by molar-refractivity contribution is 0.413. The SMILES string of the molecule is COc1cccc(C(NN)c2cc(Br)sc2Br)c1. The van der Waals surface area contributed by atoms with Crippen LogP contribution < -0.4 is 16.0 Å². The molecule has 18 heavy (non-hydrogen) atoms. The lowest BCUT2D eigenvalue weighted by Gasteiger charge is -2.16. The molecule has 0 spiro atoms. The summed E-state index contributed by atoms with van der Waals surface area (Å²) in [6.45, 7) is 0. The first-order valence-electron chi connectivity index (χ1n) is 5.20. The molecule has 2 aromatic rings. The molecule has 1 aromatic carbocycles. The predicted octanol–water partition coefficient (Wildman–Crippen LogP) is 3.83. The Hall–Kier alpha value is -0.400. The fourth-order valence-corrected chi connectivity index (χ4v) is 4.64. The highest BCUT2D eigenvalue weighted by Gasteiger charge is 2.18. The Kier molecular flexibility index (Phi) is 4.80. The average molecular weight is 392 g/mol. The summed E-state index contributed by atoms with van der Waals surface area (Å²) in [4.78, 5) is 0. The first kappa shape index (κ1) is 14.0. The van der Waals surface area contributed by atoms with Gasteiger partial charge in [-0.25, -0.2) is 5.43 Å². The topological polar surface area (TPSA) is 47.3 Å². The van der Waals surface area contributed by atoms with Gasteiger partial charge in [-0.2, -0.15) is 0 Å². The Bertz CT molecular complexity index is 545. The van der Waals surface area contributed by atoms with Crippen molar-refractivity contribution in [2.24, 2.45) is 5.84 Å². The van der Waals surface area contributed by atoms with Crippen LogP contribution in [0, 0.1) is 0 Å². The maximum absolute atomic E-state index is 5.68. The summed E-state index contributed by atoms with van der Waals surface area (Å²) < 4.78 is 7.35. The Balaban J connectivity index is 2.41. The van der Waals surface area contributed by atoms with Gasteiger partial charge in [0.05, 0.1) is 20.7 Å². The van der Waals surface area contributed by atoms with Gasteiger partial charge in [0.25, 0.3) is 0 Å². The van der Waals surface area contributed by atoms with Crippen molar-refractivity contribution in [3.05, 3.63) is 49.0 Å². The minimum atomic E-state index is -0.0722. The molecule has 1 unspecified atom stereocenters. The third kappa shape index (κ3) is 2.95. The van der Waals surface area contributed by atoms with Crippen LogP contribution in [-0.2, 0) is 0 Å². The molecule has 0 radical (unpaired) electrons. The zero-order valence-corrected chi connectivity index (χ0v) is 13.6. The van der Waals surface area contributed by atoms with Crippen LogP contribution >= 0.6 is 43.2 Å². The van der Waals surface area contributed by atoms with Gasteiger partial charge in [-0.15, -0.1) is 11.3 Å². The van der Waals surface area contributed by atoms with Crippen LogP contribution in [0.15, 0.2) is 37.9 Å². The van der Waals surface area contributed by atoms with Gasteiger partial charge in [-0.3, -0.25) is 5.84 Å². The van der Waals surface area contributed by atoms with Gasteiger partial charge < -0.3 is 4.74 Å². The quantitative estimate of drug-likeness (QED) is 0.614. The van der Waals surface area contributed by atoms with Gasteiger partial charge in [0.2, 0.25) is 0 Å². The third-order valence-corrected chi connectivity index (χ3v) is 4.97. The van der Waals surface area contributed by atoms with Crippen molar-refractivity contribution >= 4 is 43.2 Å². The molecule has 0 aliphatic carbocycles. The van der Waals surface area contributed by atoms with Crippen LogP contribution in [0.3, 0.4) is 0 Å². The van der Waals surface area contributed by atoms with Crippen molar-refractivity contribution in [3.63, 3.8) is 0 Å². The Morgan fingerprint density at radius 3 is 2.67 bits per heavy atom. The van der Waals surface area contributed by atoms with E-state index in [1.54, 1.807) is 18.4 Å². The molecule has 0 fully saturated rings. The summed E-state index contributed by atoms with van der Waals surface area (Å²) >= 11 is 8.65. The molecule has 3 nitrogen and oxygen atoms in total. The summed E-state index contributed by atoms with van der Waals surface area (Å²) in [7, 11) is 1.65. The van der Waals surface area contributed by atoms with E-state index in [9.17, 15) is 0 Å². The van der Waals surface area contributed by atoms with E-state index in [0.717, 1.165) is 24.4 Å². The number of thiophene rings is 1. The Labute approximate surface area is 127 Å². The van der Waals surface area contributed by atoms with Crippen molar-refractivity contribution in [1.29, 1.82) is 0 Å². The first-order chi connectivity index (χ1) is 8.65. The molecule has 2 rings (SSSR count). The van der Waals surface area contributed by atoms with Gasteiger partial charge >= 0.3 is 0 Å². The molecule has 0 bridgehead atoms. The monoisotopic (exact) mass is 390 g/mol. The van der Waals surface area contributed by atoms with Gasteiger partial charge in [0, 0.05) is 5.56 Å². The largest absolute Gasteiger partial charge is 0.497 e. The van der Waals surface area contributed by atoms with Crippen molar-refractivity contribution in [3.8, 4) is 5.75 Å². The van der Waals surface area contributed by atoms with Crippen LogP contribution in [0.2, 0.25) is 0 Å². The summed E-state index contributed by atoms with van der Waals surface area (Å²) in [5, 5.41) is 0. The van der Waals surface area contributed by atoms with E-state index in [2.05, 4.69) is 43.4 Å². The normalized spacial score (nSPS) is 12.4. The van der Waals surface area contributed by atoms with E-state index < -0.39 is 0 Å². The highest BCUT2D eigenvalue weighted by Crippen LogP contribution is 2.38. The van der Waals surface area contributed by atoms with Gasteiger partial charge in [-0.1, -0.05) is 12.1 Å².